The van der Waals surface area contributed by atoms with Gasteiger partial charge in [0.25, 0.3) is 0 Å². The number of aliphatic hydroxyl groups excluding tert-OH is 1. The maximum atomic E-state index is 10.2. The predicted molar refractivity (Wildman–Crippen MR) is 86.2 cm³/mol. The van der Waals surface area contributed by atoms with E-state index in [1.165, 1.54) is 16.7 Å². The van der Waals surface area contributed by atoms with Crippen LogP contribution in [0.2, 0.25) is 0 Å². The molecule has 1 atom stereocenters. The number of aliphatic hydroxyl groups is 1. The van der Waals surface area contributed by atoms with Crippen LogP contribution in [-0.2, 0) is 0 Å². The van der Waals surface area contributed by atoms with Crippen LogP contribution in [0.15, 0.2) is 60.7 Å². The third-order valence-corrected chi connectivity index (χ3v) is 3.48. The largest absolute Gasteiger partial charge is 0.393 e. The Bertz CT molecular complexity index is 540. The molecule has 1 N–H and O–H groups in total. The molecule has 1 heteroatoms. The van der Waals surface area contributed by atoms with E-state index in [0.717, 1.165) is 0 Å². The van der Waals surface area contributed by atoms with Crippen molar-refractivity contribution in [3.05, 3.63) is 71.8 Å². The molecular weight excluding hydrogens is 244 g/mol. The predicted octanol–water partition coefficient (Wildman–Crippen LogP) is 4.63. The van der Waals surface area contributed by atoms with Crippen LogP contribution in [-0.4, -0.2) is 11.2 Å². The Balaban J connectivity index is 2.32. The Hall–Kier alpha value is -1.86. The lowest BCUT2D eigenvalue weighted by Gasteiger charge is -2.17. The van der Waals surface area contributed by atoms with Gasteiger partial charge in [-0.3, -0.25) is 0 Å². The standard InChI is InChI=1S/C19H22O/c1-15(2)19(20)14-18(17-11-7-4-8-12-17)13-16-9-5-3-6-10-16/h3-13,15,19-20H,14H2,1-2H3/b18-13+/t19-/m1/s1. The number of rotatable bonds is 5. The first-order chi connectivity index (χ1) is 9.66. The minimum Gasteiger partial charge on any atom is -0.393 e. The fourth-order valence-electron chi connectivity index (χ4n) is 2.12. The molecule has 0 spiro atoms. The van der Waals surface area contributed by atoms with Gasteiger partial charge in [0.15, 0.2) is 0 Å². The van der Waals surface area contributed by atoms with E-state index in [1.54, 1.807) is 0 Å². The normalized spacial score (nSPS) is 13.5. The molecule has 1 nitrogen and oxygen atoms in total. The van der Waals surface area contributed by atoms with E-state index < -0.39 is 0 Å². The monoisotopic (exact) mass is 266 g/mol. The highest BCUT2D eigenvalue weighted by atomic mass is 16.3. The third kappa shape index (κ3) is 4.07. The van der Waals surface area contributed by atoms with Gasteiger partial charge in [-0.25, -0.2) is 0 Å². The molecule has 0 aliphatic rings. The summed E-state index contributed by atoms with van der Waals surface area (Å²) in [6.07, 6.45) is 2.53. The molecule has 0 aliphatic heterocycles. The summed E-state index contributed by atoms with van der Waals surface area (Å²) in [5.41, 5.74) is 3.52. The minimum atomic E-state index is -0.315. The van der Waals surface area contributed by atoms with Crippen molar-refractivity contribution in [3.8, 4) is 0 Å². The molecule has 2 aromatic carbocycles. The average Bonchev–Trinajstić information content (AvgIpc) is 2.48. The van der Waals surface area contributed by atoms with Crippen LogP contribution >= 0.6 is 0 Å². The van der Waals surface area contributed by atoms with Crippen LogP contribution in [0.4, 0.5) is 0 Å². The molecule has 0 aliphatic carbocycles. The van der Waals surface area contributed by atoms with Crippen molar-refractivity contribution < 1.29 is 5.11 Å². The molecular formula is C19H22O. The van der Waals surface area contributed by atoms with Crippen molar-refractivity contribution in [1.29, 1.82) is 0 Å². The van der Waals surface area contributed by atoms with Crippen LogP contribution in [0, 0.1) is 5.92 Å². The maximum absolute atomic E-state index is 10.2. The van der Waals surface area contributed by atoms with Gasteiger partial charge in [-0.1, -0.05) is 80.6 Å². The average molecular weight is 266 g/mol. The fraction of sp³-hybridized carbons (Fsp3) is 0.263. The molecule has 0 heterocycles. The second-order valence-corrected chi connectivity index (χ2v) is 5.46. The molecule has 0 saturated carbocycles. The molecule has 104 valence electrons. The molecule has 0 aromatic heterocycles. The highest BCUT2D eigenvalue weighted by molar-refractivity contribution is 5.81. The van der Waals surface area contributed by atoms with Crippen LogP contribution in [0.25, 0.3) is 11.6 Å². The highest BCUT2D eigenvalue weighted by Crippen LogP contribution is 2.25. The second kappa shape index (κ2) is 7.06. The summed E-state index contributed by atoms with van der Waals surface area (Å²) in [6, 6.07) is 20.6. The smallest absolute Gasteiger partial charge is 0.0603 e. The molecule has 0 bridgehead atoms. The third-order valence-electron chi connectivity index (χ3n) is 3.48. The van der Waals surface area contributed by atoms with Gasteiger partial charge in [0, 0.05) is 0 Å². The fourth-order valence-corrected chi connectivity index (χ4v) is 2.12. The van der Waals surface area contributed by atoms with Crippen molar-refractivity contribution in [1.82, 2.24) is 0 Å². The lowest BCUT2D eigenvalue weighted by Crippen LogP contribution is -2.14. The first kappa shape index (κ1) is 14.5. The summed E-state index contributed by atoms with van der Waals surface area (Å²) in [6.45, 7) is 4.10. The molecule has 20 heavy (non-hydrogen) atoms. The molecule has 2 aromatic rings. The van der Waals surface area contributed by atoms with E-state index in [9.17, 15) is 5.11 Å². The quantitative estimate of drug-likeness (QED) is 0.782. The van der Waals surface area contributed by atoms with E-state index in [0.29, 0.717) is 6.42 Å². The van der Waals surface area contributed by atoms with Crippen LogP contribution in [0.5, 0.6) is 0 Å². The summed E-state index contributed by atoms with van der Waals surface area (Å²) >= 11 is 0. The minimum absolute atomic E-state index is 0.262. The molecule has 0 unspecified atom stereocenters. The Kier molecular flexibility index (Phi) is 5.14. The van der Waals surface area contributed by atoms with Crippen LogP contribution in [0.1, 0.15) is 31.4 Å². The van der Waals surface area contributed by atoms with E-state index in [1.807, 2.05) is 36.4 Å². The van der Waals surface area contributed by atoms with E-state index >= 15 is 0 Å². The Morgan fingerprint density at radius 3 is 2.05 bits per heavy atom. The van der Waals surface area contributed by atoms with Crippen molar-refractivity contribution in [2.75, 3.05) is 0 Å². The first-order valence-electron chi connectivity index (χ1n) is 7.16. The van der Waals surface area contributed by atoms with Crippen molar-refractivity contribution in [2.24, 2.45) is 5.92 Å². The molecule has 0 amide bonds. The van der Waals surface area contributed by atoms with Gasteiger partial charge in [0.05, 0.1) is 6.10 Å². The number of hydrogen-bond donors (Lipinski definition) is 1. The lowest BCUT2D eigenvalue weighted by molar-refractivity contribution is 0.131. The van der Waals surface area contributed by atoms with Crippen molar-refractivity contribution >= 4 is 11.6 Å². The van der Waals surface area contributed by atoms with E-state index in [4.69, 9.17) is 0 Å². The van der Waals surface area contributed by atoms with Gasteiger partial charge in [0.2, 0.25) is 0 Å². The van der Waals surface area contributed by atoms with Crippen LogP contribution < -0.4 is 0 Å². The van der Waals surface area contributed by atoms with Gasteiger partial charge in [-0.05, 0) is 29.0 Å². The van der Waals surface area contributed by atoms with Crippen molar-refractivity contribution in [2.45, 2.75) is 26.4 Å². The summed E-state index contributed by atoms with van der Waals surface area (Å²) in [5, 5.41) is 10.2. The lowest BCUT2D eigenvalue weighted by atomic mass is 9.93. The van der Waals surface area contributed by atoms with Gasteiger partial charge in [-0.15, -0.1) is 0 Å². The zero-order valence-electron chi connectivity index (χ0n) is 12.2. The Morgan fingerprint density at radius 1 is 0.950 bits per heavy atom. The number of hydrogen-bond acceptors (Lipinski definition) is 1. The van der Waals surface area contributed by atoms with Gasteiger partial charge < -0.3 is 5.11 Å². The first-order valence-corrected chi connectivity index (χ1v) is 7.16. The Morgan fingerprint density at radius 2 is 1.50 bits per heavy atom. The summed E-state index contributed by atoms with van der Waals surface area (Å²) in [5.74, 6) is 0.262. The van der Waals surface area contributed by atoms with E-state index in [2.05, 4.69) is 44.2 Å². The zero-order valence-corrected chi connectivity index (χ0v) is 12.2. The molecule has 2 rings (SSSR count). The van der Waals surface area contributed by atoms with Crippen molar-refractivity contribution in [3.63, 3.8) is 0 Å². The van der Waals surface area contributed by atoms with E-state index in [-0.39, 0.29) is 12.0 Å². The zero-order chi connectivity index (χ0) is 14.4. The maximum Gasteiger partial charge on any atom is 0.0603 e. The second-order valence-electron chi connectivity index (χ2n) is 5.46. The molecule has 0 fully saturated rings. The van der Waals surface area contributed by atoms with Gasteiger partial charge in [-0.2, -0.15) is 0 Å². The SMILES string of the molecule is CC(C)[C@H](O)C/C(=C\c1ccccc1)c1ccccc1. The number of benzene rings is 2. The molecule has 0 saturated heterocycles. The highest BCUT2D eigenvalue weighted by Gasteiger charge is 2.13. The van der Waals surface area contributed by atoms with Gasteiger partial charge in [0.1, 0.15) is 0 Å². The summed E-state index contributed by atoms with van der Waals surface area (Å²) in [4.78, 5) is 0. The summed E-state index contributed by atoms with van der Waals surface area (Å²) in [7, 11) is 0. The van der Waals surface area contributed by atoms with Gasteiger partial charge >= 0.3 is 0 Å². The molecule has 0 radical (unpaired) electrons. The van der Waals surface area contributed by atoms with Crippen LogP contribution in [0.3, 0.4) is 0 Å². The Labute approximate surface area is 121 Å². The summed E-state index contributed by atoms with van der Waals surface area (Å²) < 4.78 is 0. The topological polar surface area (TPSA) is 20.2 Å².